The molecule has 2 heterocycles. The van der Waals surface area contributed by atoms with Crippen LogP contribution in [0.4, 0.5) is 0 Å². The van der Waals surface area contributed by atoms with E-state index in [0.29, 0.717) is 13.0 Å². The lowest BCUT2D eigenvalue weighted by molar-refractivity contribution is -0.198. The van der Waals surface area contributed by atoms with Crippen molar-refractivity contribution in [2.24, 2.45) is 0 Å². The molecule has 4 rings (SSSR count). The van der Waals surface area contributed by atoms with Crippen LogP contribution in [0.1, 0.15) is 41.9 Å². The minimum atomic E-state index is -0.354. The van der Waals surface area contributed by atoms with Gasteiger partial charge in [-0.05, 0) is 44.1 Å². The van der Waals surface area contributed by atoms with Crippen molar-refractivity contribution in [1.29, 1.82) is 0 Å². The van der Waals surface area contributed by atoms with Crippen LogP contribution in [0, 0.1) is 0 Å². The Labute approximate surface area is 200 Å². The van der Waals surface area contributed by atoms with E-state index < -0.39 is 0 Å². The van der Waals surface area contributed by atoms with Crippen LogP contribution >= 0.6 is 0 Å². The first-order chi connectivity index (χ1) is 16.6. The summed E-state index contributed by atoms with van der Waals surface area (Å²) < 4.78 is 5.43. The highest BCUT2D eigenvalue weighted by molar-refractivity contribution is 5.90. The zero-order chi connectivity index (χ0) is 23.8. The van der Waals surface area contributed by atoms with E-state index in [1.807, 2.05) is 30.3 Å². The highest BCUT2D eigenvalue weighted by Gasteiger charge is 2.15. The number of aromatic amines is 1. The molecule has 1 aliphatic rings. The van der Waals surface area contributed by atoms with Gasteiger partial charge in [-0.15, -0.1) is 0 Å². The molecule has 0 saturated carbocycles. The van der Waals surface area contributed by atoms with E-state index in [2.05, 4.69) is 53.7 Å². The number of benzene rings is 2. The first-order valence-corrected chi connectivity index (χ1v) is 11.7. The summed E-state index contributed by atoms with van der Waals surface area (Å²) >= 11 is 0. The van der Waals surface area contributed by atoms with Crippen molar-refractivity contribution in [1.82, 2.24) is 20.3 Å². The lowest BCUT2D eigenvalue weighted by Crippen LogP contribution is -2.32. The molecule has 0 radical (unpaired) electrons. The maximum absolute atomic E-state index is 12.0. The van der Waals surface area contributed by atoms with Gasteiger partial charge in [-0.25, -0.2) is 15.3 Å². The van der Waals surface area contributed by atoms with Crippen LogP contribution < -0.4 is 5.48 Å². The van der Waals surface area contributed by atoms with Gasteiger partial charge in [0, 0.05) is 37.6 Å². The molecule has 0 spiro atoms. The monoisotopic (exact) mass is 460 g/mol. The van der Waals surface area contributed by atoms with Crippen molar-refractivity contribution < 1.29 is 14.4 Å². The van der Waals surface area contributed by atoms with Gasteiger partial charge in [0.2, 0.25) is 0 Å². The van der Waals surface area contributed by atoms with Crippen molar-refractivity contribution in [3.05, 3.63) is 83.3 Å². The number of ether oxygens (including phenoxy) is 1. The summed E-state index contributed by atoms with van der Waals surface area (Å²) in [6, 6.07) is 18.4. The quantitative estimate of drug-likeness (QED) is 0.367. The number of imidazole rings is 1. The molecule has 1 aromatic heterocycles. The fraction of sp³-hybridized carbons (Fsp3) is 0.333. The molecule has 0 bridgehead atoms. The molecule has 2 N–H and O–H groups in total. The van der Waals surface area contributed by atoms with Crippen LogP contribution in [-0.2, 0) is 27.3 Å². The predicted molar refractivity (Wildman–Crippen MR) is 133 cm³/mol. The third-order valence-corrected chi connectivity index (χ3v) is 5.56. The number of hydrogen-bond donors (Lipinski definition) is 2. The Hall–Kier alpha value is -3.26. The van der Waals surface area contributed by atoms with E-state index in [1.165, 1.54) is 6.08 Å². The second kappa shape index (κ2) is 11.7. The molecular formula is C27H32N4O3. The first-order valence-electron chi connectivity index (χ1n) is 11.7. The van der Waals surface area contributed by atoms with Gasteiger partial charge < -0.3 is 14.6 Å². The fourth-order valence-corrected chi connectivity index (χ4v) is 3.89. The molecule has 1 unspecified atom stereocenters. The maximum atomic E-state index is 12.0. The van der Waals surface area contributed by atoms with Crippen molar-refractivity contribution in [3.8, 4) is 11.3 Å². The highest BCUT2D eigenvalue weighted by Crippen LogP contribution is 2.23. The summed E-state index contributed by atoms with van der Waals surface area (Å²) in [5, 5.41) is 0. The molecule has 7 heteroatoms. The smallest absolute Gasteiger partial charge is 0.267 e. The van der Waals surface area contributed by atoms with Crippen LogP contribution in [0.5, 0.6) is 0 Å². The van der Waals surface area contributed by atoms with Crippen LogP contribution in [0.2, 0.25) is 0 Å². The van der Waals surface area contributed by atoms with Crippen molar-refractivity contribution in [2.45, 2.75) is 38.5 Å². The second-order valence-corrected chi connectivity index (χ2v) is 8.75. The van der Waals surface area contributed by atoms with E-state index in [0.717, 1.165) is 59.7 Å². The Morgan fingerprint density at radius 3 is 2.68 bits per heavy atom. The Bertz CT molecular complexity index is 1080. The molecule has 1 fully saturated rings. The minimum absolute atomic E-state index is 0.310. The largest absolute Gasteiger partial charge is 0.350 e. The number of H-pyrrole nitrogens is 1. The number of amides is 1. The van der Waals surface area contributed by atoms with Gasteiger partial charge in [-0.3, -0.25) is 4.79 Å². The molecule has 0 aliphatic carbocycles. The van der Waals surface area contributed by atoms with Gasteiger partial charge in [0.15, 0.2) is 6.29 Å². The molecule has 3 aromatic rings. The number of hydroxylamine groups is 1. The van der Waals surface area contributed by atoms with Gasteiger partial charge in [-0.2, -0.15) is 0 Å². The molecule has 1 saturated heterocycles. The number of nitrogens with one attached hydrogen (secondary N) is 2. The number of carbonyl (C=O) groups is 1. The second-order valence-electron chi connectivity index (χ2n) is 8.75. The summed E-state index contributed by atoms with van der Waals surface area (Å²) in [5.74, 6) is 0.621. The molecule has 34 heavy (non-hydrogen) atoms. The summed E-state index contributed by atoms with van der Waals surface area (Å²) in [5.41, 5.74) is 7.73. The molecule has 178 valence electrons. The van der Waals surface area contributed by atoms with Gasteiger partial charge >= 0.3 is 0 Å². The third kappa shape index (κ3) is 6.87. The Balaban J connectivity index is 1.36. The van der Waals surface area contributed by atoms with E-state index >= 15 is 0 Å². The molecule has 1 atom stereocenters. The Morgan fingerprint density at radius 2 is 1.97 bits per heavy atom. The summed E-state index contributed by atoms with van der Waals surface area (Å²) in [4.78, 5) is 27.8. The van der Waals surface area contributed by atoms with E-state index in [4.69, 9.17) is 14.6 Å². The number of nitrogens with zero attached hydrogens (tertiary/aromatic N) is 2. The summed E-state index contributed by atoms with van der Waals surface area (Å²) in [6.45, 7) is 1.46. The predicted octanol–water partition coefficient (Wildman–Crippen LogP) is 4.32. The van der Waals surface area contributed by atoms with Crippen molar-refractivity contribution >= 4 is 12.0 Å². The molecule has 1 amide bonds. The lowest BCUT2D eigenvalue weighted by atomic mass is 10.1. The number of aromatic nitrogens is 2. The lowest BCUT2D eigenvalue weighted by Gasteiger charge is -2.21. The number of rotatable bonds is 9. The van der Waals surface area contributed by atoms with Crippen LogP contribution in [0.15, 0.2) is 60.7 Å². The van der Waals surface area contributed by atoms with E-state index in [1.54, 1.807) is 6.08 Å². The van der Waals surface area contributed by atoms with Gasteiger partial charge in [0.25, 0.3) is 5.91 Å². The van der Waals surface area contributed by atoms with Gasteiger partial charge in [-0.1, -0.05) is 54.6 Å². The van der Waals surface area contributed by atoms with Crippen LogP contribution in [0.25, 0.3) is 17.3 Å². The molecule has 1 aliphatic heterocycles. The van der Waals surface area contributed by atoms with E-state index in [9.17, 15) is 4.79 Å². The normalized spacial score (nSPS) is 16.3. The Morgan fingerprint density at radius 1 is 1.18 bits per heavy atom. The summed E-state index contributed by atoms with van der Waals surface area (Å²) in [6.07, 6.45) is 6.45. The van der Waals surface area contributed by atoms with Crippen LogP contribution in [0.3, 0.4) is 0 Å². The first kappa shape index (κ1) is 23.9. The zero-order valence-corrected chi connectivity index (χ0v) is 19.8. The highest BCUT2D eigenvalue weighted by atomic mass is 16.8. The maximum Gasteiger partial charge on any atom is 0.267 e. The molecule has 2 aromatic carbocycles. The molecular weight excluding hydrogens is 428 g/mol. The topological polar surface area (TPSA) is 79.5 Å². The van der Waals surface area contributed by atoms with Gasteiger partial charge in [0.1, 0.15) is 5.82 Å². The third-order valence-electron chi connectivity index (χ3n) is 5.56. The Kier molecular flexibility index (Phi) is 8.25. The van der Waals surface area contributed by atoms with Crippen molar-refractivity contribution in [2.75, 3.05) is 20.7 Å². The van der Waals surface area contributed by atoms with Gasteiger partial charge in [0.05, 0.1) is 11.4 Å². The zero-order valence-electron chi connectivity index (χ0n) is 19.8. The average Bonchev–Trinajstić information content (AvgIpc) is 3.24. The SMILES string of the molecule is CN(C)Cc1[nH]c(Cc2ccc(C=CC(=O)NOC3CCCCO3)cc2)nc1-c1ccccc1. The standard InChI is InChI=1S/C27H32N4O3/c1-31(2)19-23-27(22-8-4-3-5-9-22)29-24(28-23)18-21-13-11-20(12-14-21)15-16-25(32)30-34-26-10-6-7-17-33-26/h3-5,8-9,11-16,26H,6-7,10,17-19H2,1-2H3,(H,28,29)(H,30,32). The van der Waals surface area contributed by atoms with Crippen LogP contribution in [-0.4, -0.2) is 47.8 Å². The van der Waals surface area contributed by atoms with E-state index in [-0.39, 0.29) is 12.2 Å². The number of carbonyl (C=O) groups excluding carboxylic acids is 1. The summed E-state index contributed by atoms with van der Waals surface area (Å²) in [7, 11) is 4.11. The minimum Gasteiger partial charge on any atom is -0.350 e. The average molecular weight is 461 g/mol. The number of hydrogen-bond acceptors (Lipinski definition) is 5. The fourth-order valence-electron chi connectivity index (χ4n) is 3.89. The molecule has 7 nitrogen and oxygen atoms in total. The van der Waals surface area contributed by atoms with Crippen molar-refractivity contribution in [3.63, 3.8) is 0 Å².